The molecule has 4 heteroatoms. The molecule has 1 aliphatic carbocycles. The summed E-state index contributed by atoms with van der Waals surface area (Å²) in [6.07, 6.45) is 5.39. The Hall–Kier alpha value is -1.26. The molecule has 100 valence electrons. The highest BCUT2D eigenvalue weighted by Crippen LogP contribution is 2.40. The summed E-state index contributed by atoms with van der Waals surface area (Å²) in [4.78, 5) is 0. The van der Waals surface area contributed by atoms with Gasteiger partial charge in [-0.15, -0.1) is 0 Å². The molecular formula is C15H19N3S. The van der Waals surface area contributed by atoms with Gasteiger partial charge in [-0.3, -0.25) is 0 Å². The second-order valence-electron chi connectivity index (χ2n) is 5.17. The number of benzene rings is 1. The summed E-state index contributed by atoms with van der Waals surface area (Å²) in [5.41, 5.74) is 4.13. The number of nitrogens with zero attached hydrogens (tertiary/aromatic N) is 2. The largest absolute Gasteiger partial charge is 0.309 e. The molecule has 0 amide bonds. The van der Waals surface area contributed by atoms with Crippen LogP contribution in [0.1, 0.15) is 48.5 Å². The number of hydrogen-bond acceptors (Lipinski definition) is 4. The highest BCUT2D eigenvalue weighted by Gasteiger charge is 2.29. The van der Waals surface area contributed by atoms with E-state index in [2.05, 4.69) is 45.3 Å². The van der Waals surface area contributed by atoms with Crippen molar-refractivity contribution in [1.29, 1.82) is 0 Å². The van der Waals surface area contributed by atoms with Gasteiger partial charge in [0.25, 0.3) is 0 Å². The number of nitrogens with one attached hydrogen (secondary N) is 1. The van der Waals surface area contributed by atoms with Crippen molar-refractivity contribution in [2.45, 2.75) is 38.1 Å². The summed E-state index contributed by atoms with van der Waals surface area (Å²) in [6.45, 7) is 3.23. The molecule has 1 heterocycles. The van der Waals surface area contributed by atoms with E-state index < -0.39 is 0 Å². The standard InChI is InChI=1S/C15H19N3S/c1-2-7-16-14(15-10-17-19-18-15)9-12-8-11-5-3-4-6-13(11)12/h3-6,10,12,14,16H,2,7-9H2,1H3. The molecule has 1 aromatic carbocycles. The van der Waals surface area contributed by atoms with Crippen molar-refractivity contribution in [3.05, 3.63) is 47.3 Å². The van der Waals surface area contributed by atoms with Crippen LogP contribution < -0.4 is 5.32 Å². The van der Waals surface area contributed by atoms with Gasteiger partial charge in [0.2, 0.25) is 0 Å². The lowest BCUT2D eigenvalue weighted by molar-refractivity contribution is 0.423. The van der Waals surface area contributed by atoms with Gasteiger partial charge >= 0.3 is 0 Å². The van der Waals surface area contributed by atoms with Crippen LogP contribution in [0.25, 0.3) is 0 Å². The fraction of sp³-hybridized carbons (Fsp3) is 0.467. The summed E-state index contributed by atoms with van der Waals surface area (Å²) in [6, 6.07) is 9.12. The van der Waals surface area contributed by atoms with Gasteiger partial charge in [-0.1, -0.05) is 31.2 Å². The first kappa shape index (κ1) is 12.8. The fourth-order valence-corrected chi connectivity index (χ4v) is 3.28. The van der Waals surface area contributed by atoms with Crippen molar-refractivity contribution in [2.75, 3.05) is 6.54 Å². The Morgan fingerprint density at radius 2 is 2.32 bits per heavy atom. The smallest absolute Gasteiger partial charge is 0.0912 e. The van der Waals surface area contributed by atoms with E-state index in [1.165, 1.54) is 29.3 Å². The minimum atomic E-state index is 0.344. The van der Waals surface area contributed by atoms with Gasteiger partial charge in [0, 0.05) is 0 Å². The maximum Gasteiger partial charge on any atom is 0.0912 e. The molecule has 3 rings (SSSR count). The number of aromatic nitrogens is 2. The van der Waals surface area contributed by atoms with E-state index in [1.54, 1.807) is 0 Å². The monoisotopic (exact) mass is 273 g/mol. The normalized spacial score (nSPS) is 18.7. The number of hydrogen-bond donors (Lipinski definition) is 1. The van der Waals surface area contributed by atoms with Crippen LogP contribution in [0.4, 0.5) is 0 Å². The van der Waals surface area contributed by atoms with Crippen molar-refractivity contribution in [3.63, 3.8) is 0 Å². The van der Waals surface area contributed by atoms with Gasteiger partial charge in [-0.05, 0) is 42.9 Å². The van der Waals surface area contributed by atoms with Crippen LogP contribution in [0.15, 0.2) is 30.5 Å². The number of fused-ring (bicyclic) bond motifs is 1. The van der Waals surface area contributed by atoms with Crippen LogP contribution in [-0.2, 0) is 6.42 Å². The maximum absolute atomic E-state index is 4.40. The zero-order valence-corrected chi connectivity index (χ0v) is 12.0. The lowest BCUT2D eigenvalue weighted by Gasteiger charge is -2.32. The molecule has 0 fully saturated rings. The minimum absolute atomic E-state index is 0.344. The molecular weight excluding hydrogens is 254 g/mol. The van der Waals surface area contributed by atoms with E-state index >= 15 is 0 Å². The lowest BCUT2D eigenvalue weighted by Crippen LogP contribution is -2.28. The second-order valence-corrected chi connectivity index (χ2v) is 5.73. The molecule has 0 spiro atoms. The average molecular weight is 273 g/mol. The van der Waals surface area contributed by atoms with Gasteiger partial charge in [0.15, 0.2) is 0 Å². The van der Waals surface area contributed by atoms with Crippen molar-refractivity contribution < 1.29 is 0 Å². The highest BCUT2D eigenvalue weighted by atomic mass is 32.1. The molecule has 1 aliphatic rings. The van der Waals surface area contributed by atoms with Gasteiger partial charge < -0.3 is 5.32 Å². The van der Waals surface area contributed by atoms with Crippen molar-refractivity contribution in [3.8, 4) is 0 Å². The first-order valence-electron chi connectivity index (χ1n) is 6.97. The maximum atomic E-state index is 4.40. The Morgan fingerprint density at radius 1 is 1.42 bits per heavy atom. The summed E-state index contributed by atoms with van der Waals surface area (Å²) >= 11 is 1.30. The Bertz CT molecular complexity index is 524. The van der Waals surface area contributed by atoms with Crippen LogP contribution in [0.2, 0.25) is 0 Å². The van der Waals surface area contributed by atoms with E-state index in [0.717, 1.165) is 25.1 Å². The summed E-state index contributed by atoms with van der Waals surface area (Å²) in [5.74, 6) is 0.673. The zero-order valence-electron chi connectivity index (χ0n) is 11.2. The third-order valence-corrected chi connectivity index (χ3v) is 4.35. The molecule has 2 unspecified atom stereocenters. The molecule has 1 N–H and O–H groups in total. The average Bonchev–Trinajstić information content (AvgIpc) is 2.93. The van der Waals surface area contributed by atoms with Gasteiger partial charge in [-0.2, -0.15) is 8.75 Å². The Labute approximate surface area is 118 Å². The molecule has 3 nitrogen and oxygen atoms in total. The SMILES string of the molecule is CCCNC(CC1Cc2ccccc21)c1cnsn1. The molecule has 19 heavy (non-hydrogen) atoms. The van der Waals surface area contributed by atoms with Gasteiger partial charge in [0.05, 0.1) is 29.7 Å². The van der Waals surface area contributed by atoms with Crippen molar-refractivity contribution in [1.82, 2.24) is 14.1 Å². The predicted octanol–water partition coefficient (Wildman–Crippen LogP) is 3.31. The molecule has 0 saturated heterocycles. The van der Waals surface area contributed by atoms with E-state index in [1.807, 2.05) is 6.20 Å². The first-order valence-corrected chi connectivity index (χ1v) is 7.70. The van der Waals surface area contributed by atoms with Crippen LogP contribution in [0, 0.1) is 0 Å². The fourth-order valence-electron chi connectivity index (χ4n) is 2.81. The van der Waals surface area contributed by atoms with Crippen LogP contribution >= 0.6 is 11.7 Å². The Kier molecular flexibility index (Phi) is 3.89. The Balaban J connectivity index is 1.69. The first-order chi connectivity index (χ1) is 9.38. The topological polar surface area (TPSA) is 37.8 Å². The van der Waals surface area contributed by atoms with E-state index in [0.29, 0.717) is 12.0 Å². The highest BCUT2D eigenvalue weighted by molar-refractivity contribution is 6.99. The van der Waals surface area contributed by atoms with E-state index in [9.17, 15) is 0 Å². The van der Waals surface area contributed by atoms with Crippen molar-refractivity contribution in [2.24, 2.45) is 0 Å². The Morgan fingerprint density at radius 3 is 3.05 bits per heavy atom. The summed E-state index contributed by atoms with van der Waals surface area (Å²) in [7, 11) is 0. The summed E-state index contributed by atoms with van der Waals surface area (Å²) in [5, 5.41) is 3.61. The number of rotatable bonds is 6. The van der Waals surface area contributed by atoms with Gasteiger partial charge in [-0.25, -0.2) is 0 Å². The third kappa shape index (κ3) is 2.69. The molecule has 0 bridgehead atoms. The lowest BCUT2D eigenvalue weighted by atomic mass is 9.74. The quantitative estimate of drug-likeness (QED) is 0.877. The molecule has 0 radical (unpaired) electrons. The van der Waals surface area contributed by atoms with Gasteiger partial charge in [0.1, 0.15) is 0 Å². The molecule has 2 atom stereocenters. The van der Waals surface area contributed by atoms with E-state index in [-0.39, 0.29) is 0 Å². The molecule has 0 aliphatic heterocycles. The summed E-state index contributed by atoms with van der Waals surface area (Å²) < 4.78 is 8.54. The third-order valence-electron chi connectivity index (χ3n) is 3.86. The predicted molar refractivity (Wildman–Crippen MR) is 78.4 cm³/mol. The van der Waals surface area contributed by atoms with E-state index in [4.69, 9.17) is 0 Å². The molecule has 1 aromatic heterocycles. The van der Waals surface area contributed by atoms with Crippen molar-refractivity contribution >= 4 is 11.7 Å². The molecule has 0 saturated carbocycles. The molecule has 2 aromatic rings. The second kappa shape index (κ2) is 5.80. The minimum Gasteiger partial charge on any atom is -0.309 e. The van der Waals surface area contributed by atoms with Crippen LogP contribution in [0.3, 0.4) is 0 Å². The van der Waals surface area contributed by atoms with Crippen LogP contribution in [0.5, 0.6) is 0 Å². The zero-order chi connectivity index (χ0) is 13.1. The van der Waals surface area contributed by atoms with Crippen LogP contribution in [-0.4, -0.2) is 15.3 Å².